The summed E-state index contributed by atoms with van der Waals surface area (Å²) in [5.74, 6) is 0.576. The van der Waals surface area contributed by atoms with Gasteiger partial charge < -0.3 is 10.1 Å². The van der Waals surface area contributed by atoms with Gasteiger partial charge in [0.1, 0.15) is 6.07 Å². The molecule has 5 nitrogen and oxygen atoms in total. The molecule has 0 saturated heterocycles. The molecule has 1 aliphatic carbocycles. The van der Waals surface area contributed by atoms with Crippen molar-refractivity contribution in [1.29, 1.82) is 5.26 Å². The van der Waals surface area contributed by atoms with Gasteiger partial charge in [0.15, 0.2) is 11.5 Å². The molecule has 1 fully saturated rings. The molecule has 1 aliphatic rings. The Labute approximate surface area is 94.5 Å². The van der Waals surface area contributed by atoms with Crippen LogP contribution in [0.25, 0.3) is 0 Å². The van der Waals surface area contributed by atoms with Crippen molar-refractivity contribution in [3.05, 3.63) is 18.1 Å². The van der Waals surface area contributed by atoms with Crippen LogP contribution in [0.3, 0.4) is 0 Å². The van der Waals surface area contributed by atoms with Crippen molar-refractivity contribution in [2.24, 2.45) is 0 Å². The van der Waals surface area contributed by atoms with E-state index in [0.29, 0.717) is 23.7 Å². The van der Waals surface area contributed by atoms with Gasteiger partial charge in [0, 0.05) is 25.5 Å². The second kappa shape index (κ2) is 4.90. The van der Waals surface area contributed by atoms with E-state index in [0.717, 1.165) is 19.3 Å². The zero-order chi connectivity index (χ0) is 11.4. The highest BCUT2D eigenvalue weighted by Crippen LogP contribution is 2.24. The van der Waals surface area contributed by atoms with Crippen molar-refractivity contribution in [2.45, 2.75) is 31.4 Å². The average molecular weight is 218 g/mol. The fourth-order valence-corrected chi connectivity index (χ4v) is 2.00. The van der Waals surface area contributed by atoms with E-state index >= 15 is 0 Å². The Hall–Kier alpha value is -1.67. The number of nitrogens with one attached hydrogen (secondary N) is 1. The quantitative estimate of drug-likeness (QED) is 0.828. The minimum Gasteiger partial charge on any atom is -0.381 e. The summed E-state index contributed by atoms with van der Waals surface area (Å²) in [6.07, 6.45) is 6.48. The lowest BCUT2D eigenvalue weighted by atomic mass is 10.2. The van der Waals surface area contributed by atoms with E-state index in [-0.39, 0.29) is 0 Å². The van der Waals surface area contributed by atoms with Gasteiger partial charge >= 0.3 is 0 Å². The summed E-state index contributed by atoms with van der Waals surface area (Å²) in [6.45, 7) is 0. The summed E-state index contributed by atoms with van der Waals surface area (Å²) in [7, 11) is 1.73. The summed E-state index contributed by atoms with van der Waals surface area (Å²) in [5, 5.41) is 12.1. The molecule has 0 aliphatic heterocycles. The zero-order valence-corrected chi connectivity index (χ0v) is 9.18. The lowest BCUT2D eigenvalue weighted by Crippen LogP contribution is -2.19. The van der Waals surface area contributed by atoms with E-state index in [2.05, 4.69) is 15.3 Å². The monoisotopic (exact) mass is 218 g/mol. The number of aromatic nitrogens is 2. The van der Waals surface area contributed by atoms with E-state index in [1.54, 1.807) is 13.3 Å². The molecule has 5 heteroatoms. The first kappa shape index (κ1) is 10.8. The summed E-state index contributed by atoms with van der Waals surface area (Å²) in [4.78, 5) is 8.09. The standard InChI is InChI=1S/C11H14N4O/c1-16-9-3-2-8(6-9)15-11-10(7-12)13-4-5-14-11/h4-5,8-9H,2-3,6H2,1H3,(H,14,15). The predicted molar refractivity (Wildman–Crippen MR) is 58.8 cm³/mol. The first-order valence-corrected chi connectivity index (χ1v) is 5.34. The highest BCUT2D eigenvalue weighted by molar-refractivity contribution is 5.47. The first-order valence-electron chi connectivity index (χ1n) is 5.34. The highest BCUT2D eigenvalue weighted by Gasteiger charge is 2.25. The Morgan fingerprint density at radius 2 is 2.25 bits per heavy atom. The zero-order valence-electron chi connectivity index (χ0n) is 9.18. The summed E-state index contributed by atoms with van der Waals surface area (Å²) < 4.78 is 5.29. The van der Waals surface area contributed by atoms with Gasteiger partial charge in [0.25, 0.3) is 0 Å². The van der Waals surface area contributed by atoms with E-state index in [4.69, 9.17) is 10.00 Å². The molecular formula is C11H14N4O. The summed E-state index contributed by atoms with van der Waals surface area (Å²) in [6, 6.07) is 2.35. The second-order valence-corrected chi connectivity index (χ2v) is 3.88. The maximum absolute atomic E-state index is 8.87. The van der Waals surface area contributed by atoms with Crippen LogP contribution in [0.2, 0.25) is 0 Å². The molecule has 2 rings (SSSR count). The van der Waals surface area contributed by atoms with Gasteiger partial charge in [-0.15, -0.1) is 0 Å². The van der Waals surface area contributed by atoms with Crippen LogP contribution in [0.5, 0.6) is 0 Å². The molecular weight excluding hydrogens is 204 g/mol. The molecule has 1 aromatic rings. The Balaban J connectivity index is 2.02. The Morgan fingerprint density at radius 3 is 2.94 bits per heavy atom. The molecule has 1 N–H and O–H groups in total. The maximum atomic E-state index is 8.87. The molecule has 0 amide bonds. The Kier molecular flexibility index (Phi) is 3.32. The lowest BCUT2D eigenvalue weighted by Gasteiger charge is -2.13. The van der Waals surface area contributed by atoms with Crippen molar-refractivity contribution < 1.29 is 4.74 Å². The minimum absolute atomic E-state index is 0.319. The fourth-order valence-electron chi connectivity index (χ4n) is 2.00. The lowest BCUT2D eigenvalue weighted by molar-refractivity contribution is 0.108. The van der Waals surface area contributed by atoms with Crippen molar-refractivity contribution >= 4 is 5.82 Å². The van der Waals surface area contributed by atoms with E-state index in [9.17, 15) is 0 Å². The molecule has 0 aromatic carbocycles. The molecule has 0 radical (unpaired) electrons. The molecule has 16 heavy (non-hydrogen) atoms. The first-order chi connectivity index (χ1) is 7.83. The van der Waals surface area contributed by atoms with Gasteiger partial charge in [-0.25, -0.2) is 9.97 Å². The largest absolute Gasteiger partial charge is 0.381 e. The average Bonchev–Trinajstić information content (AvgIpc) is 2.77. The van der Waals surface area contributed by atoms with Gasteiger partial charge in [-0.1, -0.05) is 0 Å². The number of methoxy groups -OCH3 is 1. The topological polar surface area (TPSA) is 70.8 Å². The molecule has 1 heterocycles. The van der Waals surface area contributed by atoms with Crippen LogP contribution >= 0.6 is 0 Å². The number of nitriles is 1. The van der Waals surface area contributed by atoms with Gasteiger partial charge in [0.05, 0.1) is 6.10 Å². The molecule has 1 aromatic heterocycles. The normalized spacial score (nSPS) is 24.0. The smallest absolute Gasteiger partial charge is 0.182 e. The SMILES string of the molecule is COC1CCC(Nc2nccnc2C#N)C1. The van der Waals surface area contributed by atoms with Crippen LogP contribution in [-0.4, -0.2) is 29.2 Å². The van der Waals surface area contributed by atoms with Crippen LogP contribution in [0, 0.1) is 11.3 Å². The predicted octanol–water partition coefficient (Wildman–Crippen LogP) is 1.33. The Morgan fingerprint density at radius 1 is 1.44 bits per heavy atom. The molecule has 1 saturated carbocycles. The Bertz CT molecular complexity index is 401. The molecule has 84 valence electrons. The van der Waals surface area contributed by atoms with Crippen molar-refractivity contribution in [2.75, 3.05) is 12.4 Å². The van der Waals surface area contributed by atoms with E-state index in [1.807, 2.05) is 6.07 Å². The van der Waals surface area contributed by atoms with Crippen LogP contribution in [0.1, 0.15) is 25.0 Å². The number of hydrogen-bond acceptors (Lipinski definition) is 5. The number of rotatable bonds is 3. The van der Waals surface area contributed by atoms with E-state index in [1.165, 1.54) is 6.20 Å². The van der Waals surface area contributed by atoms with Crippen molar-refractivity contribution in [1.82, 2.24) is 9.97 Å². The summed E-state index contributed by atoms with van der Waals surface area (Å²) in [5.41, 5.74) is 0.350. The number of nitrogens with zero attached hydrogens (tertiary/aromatic N) is 3. The molecule has 0 spiro atoms. The van der Waals surface area contributed by atoms with Crippen molar-refractivity contribution in [3.8, 4) is 6.07 Å². The third-order valence-corrected chi connectivity index (χ3v) is 2.86. The van der Waals surface area contributed by atoms with Crippen LogP contribution in [0.15, 0.2) is 12.4 Å². The minimum atomic E-state index is 0.319. The number of ether oxygens (including phenoxy) is 1. The third kappa shape index (κ3) is 2.28. The maximum Gasteiger partial charge on any atom is 0.182 e. The number of hydrogen-bond donors (Lipinski definition) is 1. The van der Waals surface area contributed by atoms with Crippen molar-refractivity contribution in [3.63, 3.8) is 0 Å². The molecule has 2 atom stereocenters. The van der Waals surface area contributed by atoms with Crippen LogP contribution in [-0.2, 0) is 4.74 Å². The van der Waals surface area contributed by atoms with Gasteiger partial charge in [-0.05, 0) is 19.3 Å². The fraction of sp³-hybridized carbons (Fsp3) is 0.545. The third-order valence-electron chi connectivity index (χ3n) is 2.86. The summed E-state index contributed by atoms with van der Waals surface area (Å²) >= 11 is 0. The highest BCUT2D eigenvalue weighted by atomic mass is 16.5. The van der Waals surface area contributed by atoms with Gasteiger partial charge in [0.2, 0.25) is 0 Å². The molecule has 0 bridgehead atoms. The van der Waals surface area contributed by atoms with E-state index < -0.39 is 0 Å². The van der Waals surface area contributed by atoms with Gasteiger partial charge in [-0.3, -0.25) is 0 Å². The van der Waals surface area contributed by atoms with Crippen LogP contribution in [0.4, 0.5) is 5.82 Å². The molecule has 2 unspecified atom stereocenters. The van der Waals surface area contributed by atoms with Crippen LogP contribution < -0.4 is 5.32 Å². The second-order valence-electron chi connectivity index (χ2n) is 3.88. The number of anilines is 1. The van der Waals surface area contributed by atoms with Gasteiger partial charge in [-0.2, -0.15) is 5.26 Å².